The number of rotatable bonds is 4. The molecule has 0 bridgehead atoms. The van der Waals surface area contributed by atoms with E-state index in [1.807, 2.05) is 0 Å². The molecule has 0 radical (unpaired) electrons. The van der Waals surface area contributed by atoms with Crippen LogP contribution in [0.1, 0.15) is 71.1 Å². The Morgan fingerprint density at radius 1 is 1.11 bits per heavy atom. The summed E-state index contributed by atoms with van der Waals surface area (Å²) < 4.78 is 5.42. The van der Waals surface area contributed by atoms with Gasteiger partial charge in [-0.2, -0.15) is 0 Å². The van der Waals surface area contributed by atoms with E-state index in [1.54, 1.807) is 6.92 Å². The molecular weight excluding hydrogens is 372 g/mol. The Labute approximate surface area is 164 Å². The molecule has 0 amide bonds. The lowest BCUT2D eigenvalue weighted by atomic mass is 10.0. The molecule has 0 aromatic rings. The van der Waals surface area contributed by atoms with Crippen LogP contribution in [0, 0.1) is 0 Å². The maximum absolute atomic E-state index is 12.4. The van der Waals surface area contributed by atoms with Crippen LogP contribution in [0.3, 0.4) is 0 Å². The Balaban J connectivity index is 2.75. The predicted molar refractivity (Wildman–Crippen MR) is 103 cm³/mol. The van der Waals surface area contributed by atoms with Crippen LogP contribution in [0.2, 0.25) is 0 Å². The summed E-state index contributed by atoms with van der Waals surface area (Å²) in [6.07, 6.45) is 4.89. The number of cyclic esters (lactones) is 1. The number of carbonyl (C=O) groups is 3. The number of carboxylic acid groups (broad SMARTS) is 1. The topological polar surface area (TPSA) is 121 Å². The average molecular weight is 405 g/mol. The van der Waals surface area contributed by atoms with Crippen molar-refractivity contribution in [3.63, 3.8) is 0 Å². The molecule has 1 saturated heterocycles. The summed E-state index contributed by atoms with van der Waals surface area (Å²) in [7, 11) is 0. The van der Waals surface area contributed by atoms with Crippen molar-refractivity contribution in [3.05, 3.63) is 0 Å². The van der Waals surface area contributed by atoms with Gasteiger partial charge in [-0.15, -0.1) is 11.8 Å². The van der Waals surface area contributed by atoms with E-state index >= 15 is 0 Å². The molecular formula is C19H32O7S. The molecule has 0 aromatic carbocycles. The van der Waals surface area contributed by atoms with Crippen molar-refractivity contribution in [1.82, 2.24) is 0 Å². The van der Waals surface area contributed by atoms with Gasteiger partial charge in [-0.3, -0.25) is 9.59 Å². The second-order valence-corrected chi connectivity index (χ2v) is 8.40. The lowest BCUT2D eigenvalue weighted by Crippen LogP contribution is -2.33. The molecule has 27 heavy (non-hydrogen) atoms. The predicted octanol–water partition coefficient (Wildman–Crippen LogP) is 2.31. The second kappa shape index (κ2) is 13.1. The second-order valence-electron chi connectivity index (χ2n) is 7.16. The molecule has 1 aliphatic heterocycles. The first-order valence-electron chi connectivity index (χ1n) is 9.75. The number of hydrogen-bond donors (Lipinski definition) is 3. The number of ether oxygens (including phenoxy) is 1. The first kappa shape index (κ1) is 23.9. The summed E-state index contributed by atoms with van der Waals surface area (Å²) in [4.78, 5) is 35.5. The fraction of sp³-hybridized carbons (Fsp3) is 0.842. The minimum atomic E-state index is -1.62. The average Bonchev–Trinajstić information content (AvgIpc) is 2.61. The van der Waals surface area contributed by atoms with Crippen LogP contribution in [0.4, 0.5) is 0 Å². The molecule has 0 saturated carbocycles. The highest BCUT2D eigenvalue weighted by molar-refractivity contribution is 8.00. The Kier molecular flexibility index (Phi) is 11.6. The highest BCUT2D eigenvalue weighted by Crippen LogP contribution is 2.22. The van der Waals surface area contributed by atoms with Gasteiger partial charge >= 0.3 is 11.9 Å². The Hall–Kier alpha value is -1.12. The van der Waals surface area contributed by atoms with Crippen LogP contribution in [-0.4, -0.2) is 62.4 Å². The fourth-order valence-corrected chi connectivity index (χ4v) is 3.99. The van der Waals surface area contributed by atoms with Crippen molar-refractivity contribution in [3.8, 4) is 0 Å². The van der Waals surface area contributed by atoms with Crippen molar-refractivity contribution in [2.45, 2.75) is 94.7 Å². The van der Waals surface area contributed by atoms with Crippen LogP contribution >= 0.6 is 11.8 Å². The summed E-state index contributed by atoms with van der Waals surface area (Å²) in [6, 6.07) is 0. The monoisotopic (exact) mass is 404 g/mol. The number of Topliss-reactive ketones (excluding diaryl/α,β-unsaturated/α-hetero) is 1. The number of thioether (sulfide) groups is 1. The van der Waals surface area contributed by atoms with Gasteiger partial charge < -0.3 is 20.1 Å². The molecule has 4 atom stereocenters. The van der Waals surface area contributed by atoms with E-state index in [-0.39, 0.29) is 18.3 Å². The zero-order valence-electron chi connectivity index (χ0n) is 16.0. The zero-order valence-corrected chi connectivity index (χ0v) is 16.8. The van der Waals surface area contributed by atoms with E-state index in [0.717, 1.165) is 63.1 Å². The number of aliphatic carboxylic acids is 1. The van der Waals surface area contributed by atoms with Gasteiger partial charge in [0.2, 0.25) is 0 Å². The zero-order chi connectivity index (χ0) is 20.2. The van der Waals surface area contributed by atoms with Crippen molar-refractivity contribution in [2.24, 2.45) is 0 Å². The minimum Gasteiger partial charge on any atom is -0.479 e. The molecule has 0 aliphatic carbocycles. The van der Waals surface area contributed by atoms with Gasteiger partial charge in [0.15, 0.2) is 11.9 Å². The van der Waals surface area contributed by atoms with Crippen molar-refractivity contribution in [1.29, 1.82) is 0 Å². The lowest BCUT2D eigenvalue weighted by Gasteiger charge is -2.21. The van der Waals surface area contributed by atoms with Crippen LogP contribution in [0.25, 0.3) is 0 Å². The number of ketones is 1. The molecule has 3 N–H and O–H groups in total. The molecule has 1 unspecified atom stereocenters. The Morgan fingerprint density at radius 3 is 2.26 bits per heavy atom. The van der Waals surface area contributed by atoms with Crippen LogP contribution in [-0.2, 0) is 19.1 Å². The maximum atomic E-state index is 12.4. The van der Waals surface area contributed by atoms with Gasteiger partial charge in [0.25, 0.3) is 0 Å². The molecule has 1 aliphatic rings. The summed E-state index contributed by atoms with van der Waals surface area (Å²) in [5, 5.41) is 27.3. The van der Waals surface area contributed by atoms with Gasteiger partial charge in [0.1, 0.15) is 11.4 Å². The van der Waals surface area contributed by atoms with Gasteiger partial charge in [-0.05, 0) is 26.2 Å². The smallest absolute Gasteiger partial charge is 0.333 e. The highest BCUT2D eigenvalue weighted by Gasteiger charge is 2.29. The van der Waals surface area contributed by atoms with E-state index in [4.69, 9.17) is 9.84 Å². The van der Waals surface area contributed by atoms with Gasteiger partial charge in [0.05, 0.1) is 6.10 Å². The Morgan fingerprint density at radius 2 is 1.67 bits per heavy atom. The first-order valence-corrected chi connectivity index (χ1v) is 10.8. The molecule has 1 rings (SSSR count). The van der Waals surface area contributed by atoms with E-state index in [9.17, 15) is 24.6 Å². The lowest BCUT2D eigenvalue weighted by molar-refractivity contribution is -0.149. The summed E-state index contributed by atoms with van der Waals surface area (Å²) >= 11 is 0.880. The quantitative estimate of drug-likeness (QED) is 0.610. The standard InChI is InChI=1S/C19H32O7S/c1-13-9-7-5-3-2-4-6-8-10-14(20)15(21)11-17(19(25)26-13)27-12-16(22)18(23)24/h13-14,16-17,20,22H,2-12H2,1H3,(H,23,24)/t13-,14+,16?,17-/m1/s1. The molecule has 156 valence electrons. The third-order valence-corrected chi connectivity index (χ3v) is 5.94. The van der Waals surface area contributed by atoms with E-state index in [0.29, 0.717) is 6.42 Å². The van der Waals surface area contributed by atoms with Crippen molar-refractivity contribution in [2.75, 3.05) is 5.75 Å². The molecule has 8 heteroatoms. The molecule has 7 nitrogen and oxygen atoms in total. The number of aliphatic hydroxyl groups excluding tert-OH is 2. The molecule has 0 spiro atoms. The number of carboxylic acids is 1. The van der Waals surface area contributed by atoms with Gasteiger partial charge in [0, 0.05) is 12.2 Å². The number of carbonyl (C=O) groups excluding carboxylic acids is 2. The van der Waals surface area contributed by atoms with E-state index in [2.05, 4.69) is 0 Å². The largest absolute Gasteiger partial charge is 0.479 e. The molecule has 1 fully saturated rings. The van der Waals surface area contributed by atoms with Crippen molar-refractivity contribution < 1.29 is 34.4 Å². The Bertz CT molecular complexity index is 483. The van der Waals surface area contributed by atoms with E-state index < -0.39 is 35.2 Å². The summed E-state index contributed by atoms with van der Waals surface area (Å²) in [5.41, 5.74) is 0. The van der Waals surface area contributed by atoms with Crippen LogP contribution in [0.15, 0.2) is 0 Å². The third kappa shape index (κ3) is 10.1. The van der Waals surface area contributed by atoms with Crippen molar-refractivity contribution >= 4 is 29.5 Å². The first-order chi connectivity index (χ1) is 12.8. The SMILES string of the molecule is C[C@@H]1CCCCCCCCC[C@H](O)C(=O)C[C@@H](SCC(O)C(=O)O)C(=O)O1. The fourth-order valence-electron chi connectivity index (χ4n) is 2.96. The number of esters is 1. The normalized spacial score (nSPS) is 28.3. The molecule has 0 aromatic heterocycles. The van der Waals surface area contributed by atoms with Crippen LogP contribution < -0.4 is 0 Å². The van der Waals surface area contributed by atoms with Gasteiger partial charge in [-0.1, -0.05) is 38.5 Å². The molecule has 1 heterocycles. The number of aliphatic hydroxyl groups is 2. The number of hydrogen-bond acceptors (Lipinski definition) is 7. The summed E-state index contributed by atoms with van der Waals surface area (Å²) in [6.45, 7) is 1.80. The van der Waals surface area contributed by atoms with Gasteiger partial charge in [-0.25, -0.2) is 4.79 Å². The summed E-state index contributed by atoms with van der Waals surface area (Å²) in [5.74, 6) is -2.66. The minimum absolute atomic E-state index is 0.229. The third-order valence-electron chi connectivity index (χ3n) is 4.67. The highest BCUT2D eigenvalue weighted by atomic mass is 32.2. The maximum Gasteiger partial charge on any atom is 0.333 e. The van der Waals surface area contributed by atoms with Crippen LogP contribution in [0.5, 0.6) is 0 Å². The van der Waals surface area contributed by atoms with E-state index in [1.165, 1.54) is 0 Å².